The molecule has 52 valence electrons. The van der Waals surface area contributed by atoms with Crippen LogP contribution < -0.4 is 0 Å². The van der Waals surface area contributed by atoms with Crippen molar-refractivity contribution in [2.45, 2.75) is 19.0 Å². The van der Waals surface area contributed by atoms with Gasteiger partial charge in [-0.1, -0.05) is 5.92 Å². The first-order valence-electron chi connectivity index (χ1n) is 2.47. The summed E-state index contributed by atoms with van der Waals surface area (Å²) in [6.45, 7) is 0. The summed E-state index contributed by atoms with van der Waals surface area (Å²) in [6.07, 6.45) is 1.31. The SMILES string of the molecule is C#CC(CC(F)F)OC. The van der Waals surface area contributed by atoms with E-state index in [-0.39, 0.29) is 6.42 Å². The van der Waals surface area contributed by atoms with Gasteiger partial charge in [0.1, 0.15) is 6.10 Å². The number of halogens is 2. The molecule has 0 radical (unpaired) electrons. The Morgan fingerprint density at radius 3 is 2.33 bits per heavy atom. The number of ether oxygens (including phenoxy) is 1. The first kappa shape index (κ1) is 8.38. The van der Waals surface area contributed by atoms with E-state index >= 15 is 0 Å². The summed E-state index contributed by atoms with van der Waals surface area (Å²) >= 11 is 0. The van der Waals surface area contributed by atoms with Crippen LogP contribution in [0.1, 0.15) is 6.42 Å². The molecule has 0 amide bonds. The van der Waals surface area contributed by atoms with Crippen molar-refractivity contribution in [3.05, 3.63) is 0 Å². The number of hydrogen-bond acceptors (Lipinski definition) is 1. The van der Waals surface area contributed by atoms with Crippen molar-refractivity contribution in [3.63, 3.8) is 0 Å². The molecule has 0 aliphatic heterocycles. The Balaban J connectivity index is 3.47. The van der Waals surface area contributed by atoms with E-state index < -0.39 is 12.5 Å². The second kappa shape index (κ2) is 4.28. The number of alkyl halides is 2. The number of terminal acetylenes is 1. The Kier molecular flexibility index (Phi) is 3.98. The van der Waals surface area contributed by atoms with Gasteiger partial charge in [0.05, 0.1) is 0 Å². The van der Waals surface area contributed by atoms with Gasteiger partial charge in [0.25, 0.3) is 0 Å². The summed E-state index contributed by atoms with van der Waals surface area (Å²) in [5, 5.41) is 0. The van der Waals surface area contributed by atoms with E-state index in [4.69, 9.17) is 6.42 Å². The smallest absolute Gasteiger partial charge is 0.242 e. The van der Waals surface area contributed by atoms with Crippen LogP contribution in [-0.4, -0.2) is 19.6 Å². The van der Waals surface area contributed by atoms with Crippen molar-refractivity contribution in [1.29, 1.82) is 0 Å². The first-order valence-corrected chi connectivity index (χ1v) is 2.47. The van der Waals surface area contributed by atoms with E-state index in [0.717, 1.165) is 0 Å². The van der Waals surface area contributed by atoms with Gasteiger partial charge in [-0.3, -0.25) is 0 Å². The maximum Gasteiger partial charge on any atom is 0.242 e. The Bertz CT molecular complexity index is 106. The van der Waals surface area contributed by atoms with E-state index in [2.05, 4.69) is 10.7 Å². The topological polar surface area (TPSA) is 9.23 Å². The molecule has 0 saturated carbocycles. The highest BCUT2D eigenvalue weighted by Crippen LogP contribution is 2.04. The van der Waals surface area contributed by atoms with Gasteiger partial charge in [-0.25, -0.2) is 8.78 Å². The fourth-order valence-corrected chi connectivity index (χ4v) is 0.394. The van der Waals surface area contributed by atoms with Crippen LogP contribution in [0, 0.1) is 12.3 Å². The second-order valence-electron chi connectivity index (χ2n) is 1.52. The minimum Gasteiger partial charge on any atom is -0.369 e. The van der Waals surface area contributed by atoms with Crippen molar-refractivity contribution < 1.29 is 13.5 Å². The van der Waals surface area contributed by atoms with Crippen molar-refractivity contribution >= 4 is 0 Å². The van der Waals surface area contributed by atoms with E-state index in [1.54, 1.807) is 0 Å². The molecule has 0 aliphatic carbocycles. The Morgan fingerprint density at radius 2 is 2.22 bits per heavy atom. The largest absolute Gasteiger partial charge is 0.369 e. The molecule has 0 spiro atoms. The number of methoxy groups -OCH3 is 1. The molecule has 0 aromatic carbocycles. The van der Waals surface area contributed by atoms with E-state index in [0.29, 0.717) is 0 Å². The third-order valence-electron chi connectivity index (χ3n) is 0.863. The summed E-state index contributed by atoms with van der Waals surface area (Å²) in [7, 11) is 1.31. The standard InChI is InChI=1S/C6H8F2O/c1-3-5(9-2)4-6(7)8/h1,5-6H,4H2,2H3. The average molecular weight is 134 g/mol. The van der Waals surface area contributed by atoms with Crippen molar-refractivity contribution in [1.82, 2.24) is 0 Å². The van der Waals surface area contributed by atoms with Gasteiger partial charge in [0, 0.05) is 13.5 Å². The molecular weight excluding hydrogens is 126 g/mol. The van der Waals surface area contributed by atoms with Crippen molar-refractivity contribution in [2.24, 2.45) is 0 Å². The van der Waals surface area contributed by atoms with Crippen LogP contribution >= 0.6 is 0 Å². The third-order valence-corrected chi connectivity index (χ3v) is 0.863. The van der Waals surface area contributed by atoms with Crippen molar-refractivity contribution in [2.75, 3.05) is 7.11 Å². The van der Waals surface area contributed by atoms with Crippen LogP contribution in [0.5, 0.6) is 0 Å². The minimum absolute atomic E-state index is 0.382. The van der Waals surface area contributed by atoms with Crippen molar-refractivity contribution in [3.8, 4) is 12.3 Å². The second-order valence-corrected chi connectivity index (χ2v) is 1.52. The molecule has 0 aromatic rings. The van der Waals surface area contributed by atoms with Crippen LogP contribution in [0.15, 0.2) is 0 Å². The van der Waals surface area contributed by atoms with E-state index in [9.17, 15) is 8.78 Å². The molecule has 1 nitrogen and oxygen atoms in total. The third kappa shape index (κ3) is 3.92. The molecule has 0 N–H and O–H groups in total. The van der Waals surface area contributed by atoms with Gasteiger partial charge >= 0.3 is 0 Å². The zero-order valence-electron chi connectivity index (χ0n) is 5.10. The lowest BCUT2D eigenvalue weighted by molar-refractivity contribution is 0.0601. The Hall–Kier alpha value is -0.620. The van der Waals surface area contributed by atoms with Crippen LogP contribution in [0.25, 0.3) is 0 Å². The lowest BCUT2D eigenvalue weighted by atomic mass is 10.3. The molecule has 1 atom stereocenters. The van der Waals surface area contributed by atoms with E-state index in [1.165, 1.54) is 7.11 Å². The normalized spacial score (nSPS) is 13.2. The molecular formula is C6H8F2O. The monoisotopic (exact) mass is 134 g/mol. The van der Waals surface area contributed by atoms with E-state index in [1.807, 2.05) is 0 Å². The average Bonchev–Trinajstić information content (AvgIpc) is 1.82. The highest BCUT2D eigenvalue weighted by molar-refractivity contribution is 4.94. The molecule has 0 aromatic heterocycles. The molecule has 0 aliphatic rings. The van der Waals surface area contributed by atoms with Gasteiger partial charge in [0.2, 0.25) is 6.43 Å². The van der Waals surface area contributed by atoms with Crippen LogP contribution in [0.3, 0.4) is 0 Å². The highest BCUT2D eigenvalue weighted by Gasteiger charge is 2.10. The molecule has 3 heteroatoms. The maximum absolute atomic E-state index is 11.5. The summed E-state index contributed by atoms with van der Waals surface area (Å²) in [4.78, 5) is 0. The molecule has 0 bridgehead atoms. The molecule has 9 heavy (non-hydrogen) atoms. The zero-order chi connectivity index (χ0) is 7.28. The predicted molar refractivity (Wildman–Crippen MR) is 30.3 cm³/mol. The summed E-state index contributed by atoms with van der Waals surface area (Å²) < 4.78 is 27.5. The Labute approximate surface area is 53.0 Å². The minimum atomic E-state index is -2.38. The fraction of sp³-hybridized carbons (Fsp3) is 0.667. The zero-order valence-corrected chi connectivity index (χ0v) is 5.10. The summed E-state index contributed by atoms with van der Waals surface area (Å²) in [5.74, 6) is 2.08. The quantitative estimate of drug-likeness (QED) is 0.528. The lowest BCUT2D eigenvalue weighted by Gasteiger charge is -2.05. The van der Waals surface area contributed by atoms with Gasteiger partial charge in [0.15, 0.2) is 0 Å². The first-order chi connectivity index (χ1) is 4.20. The molecule has 1 unspecified atom stereocenters. The van der Waals surface area contributed by atoms with Crippen LogP contribution in [-0.2, 0) is 4.74 Å². The molecule has 0 rings (SSSR count). The van der Waals surface area contributed by atoms with Crippen LogP contribution in [0.2, 0.25) is 0 Å². The lowest BCUT2D eigenvalue weighted by Crippen LogP contribution is -2.11. The summed E-state index contributed by atoms with van der Waals surface area (Å²) in [6, 6.07) is 0. The summed E-state index contributed by atoms with van der Waals surface area (Å²) in [5.41, 5.74) is 0. The highest BCUT2D eigenvalue weighted by atomic mass is 19.3. The molecule has 0 saturated heterocycles. The number of rotatable bonds is 3. The van der Waals surface area contributed by atoms with Gasteiger partial charge in [-0.05, 0) is 0 Å². The van der Waals surface area contributed by atoms with Gasteiger partial charge in [-0.2, -0.15) is 0 Å². The maximum atomic E-state index is 11.5. The molecule has 0 fully saturated rings. The van der Waals surface area contributed by atoms with Crippen LogP contribution in [0.4, 0.5) is 8.78 Å². The van der Waals surface area contributed by atoms with Gasteiger partial charge in [-0.15, -0.1) is 6.42 Å². The number of hydrogen-bond donors (Lipinski definition) is 0. The fourth-order valence-electron chi connectivity index (χ4n) is 0.394. The van der Waals surface area contributed by atoms with Gasteiger partial charge < -0.3 is 4.74 Å². The predicted octanol–water partition coefficient (Wildman–Crippen LogP) is 1.29. The Morgan fingerprint density at radius 1 is 1.67 bits per heavy atom. The molecule has 0 heterocycles.